The number of H-pyrrole nitrogens is 1. The van der Waals surface area contributed by atoms with Gasteiger partial charge < -0.3 is 10.3 Å². The lowest BCUT2D eigenvalue weighted by atomic mass is 10.1. The molecular formula is C24H20BrClFN3O4S. The van der Waals surface area contributed by atoms with Crippen LogP contribution in [0.4, 0.5) is 4.39 Å². The molecule has 2 N–H and O–H groups in total. The maximum Gasteiger partial charge on any atom is 0.257 e. The summed E-state index contributed by atoms with van der Waals surface area (Å²) < 4.78 is 42.0. The molecule has 2 aromatic carbocycles. The maximum absolute atomic E-state index is 14.9. The number of benzene rings is 2. The van der Waals surface area contributed by atoms with Crippen molar-refractivity contribution in [3.8, 4) is 0 Å². The molecule has 1 unspecified atom stereocenters. The number of hydrogen-bond donors (Lipinski definition) is 2. The molecule has 0 spiro atoms. The van der Waals surface area contributed by atoms with Gasteiger partial charge in [0.25, 0.3) is 5.91 Å². The normalized spacial score (nSPS) is 17.2. The lowest BCUT2D eigenvalue weighted by Crippen LogP contribution is -2.34. The summed E-state index contributed by atoms with van der Waals surface area (Å²) in [4.78, 5) is 30.6. The van der Waals surface area contributed by atoms with Crippen LogP contribution in [0, 0.1) is 5.82 Å². The van der Waals surface area contributed by atoms with Crippen molar-refractivity contribution in [3.05, 3.63) is 86.9 Å². The third-order valence-electron chi connectivity index (χ3n) is 5.70. The summed E-state index contributed by atoms with van der Waals surface area (Å²) in [5.74, 6) is -1.61. The van der Waals surface area contributed by atoms with Crippen molar-refractivity contribution in [3.63, 3.8) is 0 Å². The van der Waals surface area contributed by atoms with Gasteiger partial charge in [0.2, 0.25) is 15.3 Å². The van der Waals surface area contributed by atoms with Crippen LogP contribution < -0.4 is 10.7 Å². The Bertz CT molecular complexity index is 1510. The average Bonchev–Trinajstić information content (AvgIpc) is 3.33. The fourth-order valence-electron chi connectivity index (χ4n) is 3.84. The zero-order valence-electron chi connectivity index (χ0n) is 18.2. The number of carbonyl (C=O) groups is 1. The van der Waals surface area contributed by atoms with Crippen LogP contribution in [-0.2, 0) is 16.4 Å². The first-order valence-corrected chi connectivity index (χ1v) is 13.6. The summed E-state index contributed by atoms with van der Waals surface area (Å²) in [6, 6.07) is 8.76. The highest BCUT2D eigenvalue weighted by Gasteiger charge is 2.43. The van der Waals surface area contributed by atoms with E-state index in [1.54, 1.807) is 24.3 Å². The summed E-state index contributed by atoms with van der Waals surface area (Å²) in [5, 5.41) is 3.49. The Hall–Kier alpha value is -2.82. The molecule has 0 aliphatic carbocycles. The largest absolute Gasteiger partial charge is 0.358 e. The molecule has 1 aliphatic heterocycles. The van der Waals surface area contributed by atoms with Gasteiger partial charge in [0, 0.05) is 29.3 Å². The van der Waals surface area contributed by atoms with E-state index in [2.05, 4.69) is 31.2 Å². The highest BCUT2D eigenvalue weighted by molar-refractivity contribution is 9.09. The number of sulfone groups is 1. The number of aromatic nitrogens is 1. The number of alkyl halides is 1. The number of carbonyl (C=O) groups excluding carboxylic acids is 1. The maximum atomic E-state index is 14.9. The fraction of sp³-hybridized carbons (Fsp3) is 0.208. The van der Waals surface area contributed by atoms with Crippen molar-refractivity contribution in [1.82, 2.24) is 10.3 Å². The number of aliphatic imine (C=N–C) groups is 1. The number of pyridine rings is 1. The molecule has 1 aromatic heterocycles. The number of hydrogen-bond acceptors (Lipinski definition) is 5. The van der Waals surface area contributed by atoms with E-state index in [-0.39, 0.29) is 34.3 Å². The summed E-state index contributed by atoms with van der Waals surface area (Å²) in [7, 11) is -4.20. The third-order valence-corrected chi connectivity index (χ3v) is 8.75. The molecule has 182 valence electrons. The van der Waals surface area contributed by atoms with Crippen LogP contribution in [0.3, 0.4) is 0 Å². The predicted molar refractivity (Wildman–Crippen MR) is 138 cm³/mol. The Kier molecular flexibility index (Phi) is 7.25. The van der Waals surface area contributed by atoms with Gasteiger partial charge in [-0.15, -0.1) is 0 Å². The Balaban J connectivity index is 1.72. The van der Waals surface area contributed by atoms with Crippen molar-refractivity contribution in [2.45, 2.75) is 29.2 Å². The quantitative estimate of drug-likeness (QED) is 0.382. The smallest absolute Gasteiger partial charge is 0.257 e. The van der Waals surface area contributed by atoms with Crippen LogP contribution in [0.1, 0.15) is 28.8 Å². The molecule has 3 aromatic rings. The van der Waals surface area contributed by atoms with Crippen molar-refractivity contribution in [1.29, 1.82) is 0 Å². The molecule has 2 heterocycles. The molecule has 1 aliphatic rings. The lowest BCUT2D eigenvalue weighted by molar-refractivity contribution is 0.0949. The number of amides is 1. The van der Waals surface area contributed by atoms with Gasteiger partial charge in [0.1, 0.15) is 11.4 Å². The molecule has 11 heteroatoms. The molecule has 7 nitrogen and oxygen atoms in total. The second-order valence-corrected chi connectivity index (χ2v) is 11.4. The molecule has 1 amide bonds. The zero-order valence-corrected chi connectivity index (χ0v) is 21.4. The van der Waals surface area contributed by atoms with Gasteiger partial charge in [0.15, 0.2) is 4.87 Å². The Morgan fingerprint density at radius 1 is 1.23 bits per heavy atom. The highest BCUT2D eigenvalue weighted by atomic mass is 79.9. The van der Waals surface area contributed by atoms with Gasteiger partial charge in [-0.05, 0) is 54.8 Å². The Morgan fingerprint density at radius 3 is 2.63 bits per heavy atom. The van der Waals surface area contributed by atoms with E-state index < -0.39 is 31.9 Å². The van der Waals surface area contributed by atoms with Crippen LogP contribution in [0.25, 0.3) is 10.9 Å². The molecule has 4 rings (SSSR count). The predicted octanol–water partition coefficient (Wildman–Crippen LogP) is 4.54. The lowest BCUT2D eigenvalue weighted by Gasteiger charge is -2.24. The van der Waals surface area contributed by atoms with E-state index in [0.29, 0.717) is 16.8 Å². The number of nitrogens with zero attached hydrogens (tertiary/aromatic N) is 1. The number of allylic oxidation sites excluding steroid dienone is 1. The van der Waals surface area contributed by atoms with Gasteiger partial charge in [-0.25, -0.2) is 12.8 Å². The van der Waals surface area contributed by atoms with E-state index in [4.69, 9.17) is 11.6 Å². The first kappa shape index (κ1) is 25.3. The topological polar surface area (TPSA) is 108 Å². The summed E-state index contributed by atoms with van der Waals surface area (Å²) in [6.45, 7) is 0.136. The highest BCUT2D eigenvalue weighted by Crippen LogP contribution is 2.36. The summed E-state index contributed by atoms with van der Waals surface area (Å²) in [5.41, 5.74) is -0.488. The third kappa shape index (κ3) is 4.82. The molecular weight excluding hydrogens is 561 g/mol. The minimum absolute atomic E-state index is 0.136. The molecule has 0 radical (unpaired) electrons. The molecule has 0 saturated heterocycles. The summed E-state index contributed by atoms with van der Waals surface area (Å²) in [6.07, 6.45) is 6.17. The summed E-state index contributed by atoms with van der Waals surface area (Å²) >= 11 is 9.15. The van der Waals surface area contributed by atoms with Gasteiger partial charge >= 0.3 is 0 Å². The van der Waals surface area contributed by atoms with Gasteiger partial charge in [-0.3, -0.25) is 14.6 Å². The van der Waals surface area contributed by atoms with Crippen molar-refractivity contribution < 1.29 is 17.6 Å². The number of nitrogens with one attached hydrogen (secondary N) is 2. The minimum Gasteiger partial charge on any atom is -0.358 e. The van der Waals surface area contributed by atoms with Gasteiger partial charge in [0.05, 0.1) is 15.8 Å². The minimum atomic E-state index is -4.20. The van der Waals surface area contributed by atoms with Crippen molar-refractivity contribution in [2.24, 2.45) is 4.99 Å². The van der Waals surface area contributed by atoms with Crippen molar-refractivity contribution >= 4 is 60.4 Å². The van der Waals surface area contributed by atoms with Crippen LogP contribution in [0.5, 0.6) is 0 Å². The monoisotopic (exact) mass is 579 g/mol. The number of aromatic amines is 1. The van der Waals surface area contributed by atoms with E-state index in [9.17, 15) is 22.4 Å². The first-order valence-electron chi connectivity index (χ1n) is 10.6. The van der Waals surface area contributed by atoms with Gasteiger partial charge in [-0.2, -0.15) is 0 Å². The van der Waals surface area contributed by atoms with Crippen LogP contribution in [-0.4, -0.2) is 35.7 Å². The standard InChI is InChI=1S/C24H20BrClFN3O4S/c25-9-1-7-24(8-2-10-30-24)35(33,34)17-11-18-21(20(27)12-17)28-14-19(22(18)31)23(32)29-13-15-3-5-16(26)6-4-15/h2-6,8,10-12,14H,1,7,9,13H2,(H,28,31)(H,29,32). The van der Waals surface area contributed by atoms with E-state index in [1.165, 1.54) is 18.4 Å². The zero-order chi connectivity index (χ0) is 25.2. The molecule has 0 fully saturated rings. The first-order chi connectivity index (χ1) is 16.7. The number of halogens is 3. The number of fused-ring (bicyclic) bond motifs is 1. The van der Waals surface area contributed by atoms with E-state index in [1.807, 2.05) is 0 Å². The molecule has 35 heavy (non-hydrogen) atoms. The fourth-order valence-corrected chi connectivity index (χ4v) is 6.05. The molecule has 1 atom stereocenters. The second-order valence-electron chi connectivity index (χ2n) is 7.95. The SMILES string of the molecule is O=C(NCc1ccc(Cl)cc1)c1c[nH]c2c(F)cc(S(=O)(=O)C3(CCCBr)C=CC=N3)cc2c1=O. The molecule has 0 bridgehead atoms. The molecule has 0 saturated carbocycles. The van der Waals surface area contributed by atoms with E-state index in [0.717, 1.165) is 23.9 Å². The number of rotatable bonds is 8. The average molecular weight is 581 g/mol. The second kappa shape index (κ2) is 10.0. The Labute approximate surface area is 214 Å². The van der Waals surface area contributed by atoms with Gasteiger partial charge in [-0.1, -0.05) is 39.7 Å². The van der Waals surface area contributed by atoms with Crippen LogP contribution in [0.15, 0.2) is 69.4 Å². The van der Waals surface area contributed by atoms with E-state index >= 15 is 0 Å². The Morgan fingerprint density at radius 2 is 1.97 bits per heavy atom. The van der Waals surface area contributed by atoms with Crippen molar-refractivity contribution in [2.75, 3.05) is 5.33 Å². The van der Waals surface area contributed by atoms with Crippen LogP contribution in [0.2, 0.25) is 5.02 Å². The van der Waals surface area contributed by atoms with Crippen LogP contribution >= 0.6 is 27.5 Å².